The first-order valence-corrected chi connectivity index (χ1v) is 8.12. The Morgan fingerprint density at radius 3 is 2.40 bits per heavy atom. The van der Waals surface area contributed by atoms with Crippen molar-refractivity contribution in [2.75, 3.05) is 7.11 Å². The first-order chi connectivity index (χ1) is 12.3. The number of methoxy groups -OCH3 is 1. The van der Waals surface area contributed by atoms with Gasteiger partial charge in [0.25, 0.3) is 0 Å². The van der Waals surface area contributed by atoms with Crippen LogP contribution in [0.2, 0.25) is 0 Å². The van der Waals surface area contributed by atoms with Crippen LogP contribution in [0.25, 0.3) is 11.1 Å². The van der Waals surface area contributed by atoms with Crippen molar-refractivity contribution in [3.63, 3.8) is 0 Å². The number of nitrogens with zero attached hydrogens (tertiary/aromatic N) is 1. The number of hydrogen-bond acceptors (Lipinski definition) is 3. The molecule has 3 heteroatoms. The van der Waals surface area contributed by atoms with E-state index in [1.165, 1.54) is 0 Å². The van der Waals surface area contributed by atoms with E-state index in [9.17, 15) is 0 Å². The molecular formula is C22H19NO2. The van der Waals surface area contributed by atoms with Crippen molar-refractivity contribution in [3.05, 3.63) is 83.9 Å². The molecule has 0 radical (unpaired) electrons. The van der Waals surface area contributed by atoms with Gasteiger partial charge in [-0.05, 0) is 23.3 Å². The second-order valence-corrected chi connectivity index (χ2v) is 5.63. The highest BCUT2D eigenvalue weighted by atomic mass is 16.5. The summed E-state index contributed by atoms with van der Waals surface area (Å²) in [5, 5.41) is 8.92. The molecule has 0 spiro atoms. The molecule has 25 heavy (non-hydrogen) atoms. The van der Waals surface area contributed by atoms with Crippen LogP contribution in [0.1, 0.15) is 11.1 Å². The topological polar surface area (TPSA) is 42.2 Å². The molecule has 0 fully saturated rings. The summed E-state index contributed by atoms with van der Waals surface area (Å²) < 4.78 is 11.5. The maximum absolute atomic E-state index is 8.92. The largest absolute Gasteiger partial charge is 0.496 e. The van der Waals surface area contributed by atoms with Crippen molar-refractivity contribution in [2.45, 2.75) is 13.0 Å². The Morgan fingerprint density at radius 1 is 0.880 bits per heavy atom. The van der Waals surface area contributed by atoms with E-state index in [0.717, 1.165) is 33.8 Å². The van der Waals surface area contributed by atoms with E-state index in [2.05, 4.69) is 6.07 Å². The summed E-state index contributed by atoms with van der Waals surface area (Å²) in [5.74, 6) is 1.54. The van der Waals surface area contributed by atoms with Gasteiger partial charge in [0.2, 0.25) is 0 Å². The summed E-state index contributed by atoms with van der Waals surface area (Å²) in [7, 11) is 1.62. The molecule has 0 aliphatic rings. The Morgan fingerprint density at radius 2 is 1.64 bits per heavy atom. The van der Waals surface area contributed by atoms with Crippen LogP contribution in [-0.4, -0.2) is 7.11 Å². The predicted octanol–water partition coefficient (Wildman–Crippen LogP) is 5.01. The molecule has 0 heterocycles. The van der Waals surface area contributed by atoms with Crippen molar-refractivity contribution < 1.29 is 9.47 Å². The fourth-order valence-electron chi connectivity index (χ4n) is 2.71. The molecule has 0 atom stereocenters. The van der Waals surface area contributed by atoms with Crippen LogP contribution in [0, 0.1) is 11.3 Å². The average molecular weight is 329 g/mol. The second kappa shape index (κ2) is 8.03. The van der Waals surface area contributed by atoms with Crippen molar-refractivity contribution >= 4 is 0 Å². The number of hydrogen-bond donors (Lipinski definition) is 0. The summed E-state index contributed by atoms with van der Waals surface area (Å²) in [4.78, 5) is 0. The molecule has 0 N–H and O–H groups in total. The van der Waals surface area contributed by atoms with Gasteiger partial charge in [-0.1, -0.05) is 60.7 Å². The minimum Gasteiger partial charge on any atom is -0.496 e. The summed E-state index contributed by atoms with van der Waals surface area (Å²) in [5.41, 5.74) is 4.01. The fourth-order valence-corrected chi connectivity index (χ4v) is 2.71. The minimum absolute atomic E-state index is 0.329. The molecule has 3 rings (SSSR count). The Kier molecular flexibility index (Phi) is 5.33. The molecule has 124 valence electrons. The lowest BCUT2D eigenvalue weighted by atomic mass is 10.0. The molecule has 0 amide bonds. The molecule has 3 nitrogen and oxygen atoms in total. The summed E-state index contributed by atoms with van der Waals surface area (Å²) >= 11 is 0. The molecule has 0 saturated heterocycles. The Hall–Kier alpha value is -3.25. The molecule has 0 aromatic heterocycles. The number of rotatable bonds is 6. The smallest absolute Gasteiger partial charge is 0.127 e. The van der Waals surface area contributed by atoms with Crippen LogP contribution >= 0.6 is 0 Å². The van der Waals surface area contributed by atoms with Crippen LogP contribution in [0.5, 0.6) is 11.5 Å². The van der Waals surface area contributed by atoms with E-state index in [0.29, 0.717) is 13.0 Å². The third-order valence-electron chi connectivity index (χ3n) is 3.99. The number of benzene rings is 3. The average Bonchev–Trinajstić information content (AvgIpc) is 2.68. The first-order valence-electron chi connectivity index (χ1n) is 8.12. The van der Waals surface area contributed by atoms with Crippen molar-refractivity contribution in [1.82, 2.24) is 0 Å². The SMILES string of the molecule is COc1cc(-c2ccccc2OCc2ccccc2)ccc1CC#N. The predicted molar refractivity (Wildman–Crippen MR) is 98.5 cm³/mol. The van der Waals surface area contributed by atoms with Crippen molar-refractivity contribution in [1.29, 1.82) is 5.26 Å². The van der Waals surface area contributed by atoms with Gasteiger partial charge in [-0.15, -0.1) is 0 Å². The van der Waals surface area contributed by atoms with Gasteiger partial charge >= 0.3 is 0 Å². The third kappa shape index (κ3) is 3.99. The van der Waals surface area contributed by atoms with Crippen LogP contribution < -0.4 is 9.47 Å². The maximum Gasteiger partial charge on any atom is 0.127 e. The molecule has 3 aromatic rings. The van der Waals surface area contributed by atoms with E-state index >= 15 is 0 Å². The normalized spacial score (nSPS) is 10.1. The van der Waals surface area contributed by atoms with E-state index in [-0.39, 0.29) is 0 Å². The van der Waals surface area contributed by atoms with Crippen LogP contribution in [0.4, 0.5) is 0 Å². The van der Waals surface area contributed by atoms with Gasteiger partial charge in [0.15, 0.2) is 0 Å². The van der Waals surface area contributed by atoms with Gasteiger partial charge in [-0.25, -0.2) is 0 Å². The van der Waals surface area contributed by atoms with E-state index in [4.69, 9.17) is 14.7 Å². The number of para-hydroxylation sites is 1. The monoisotopic (exact) mass is 329 g/mol. The highest BCUT2D eigenvalue weighted by Gasteiger charge is 2.10. The van der Waals surface area contributed by atoms with Gasteiger partial charge < -0.3 is 9.47 Å². The molecular weight excluding hydrogens is 310 g/mol. The molecule has 0 saturated carbocycles. The van der Waals surface area contributed by atoms with Gasteiger partial charge in [-0.3, -0.25) is 0 Å². The second-order valence-electron chi connectivity index (χ2n) is 5.63. The van der Waals surface area contributed by atoms with E-state index < -0.39 is 0 Å². The molecule has 3 aromatic carbocycles. The summed E-state index contributed by atoms with van der Waals surface area (Å²) in [6, 6.07) is 26.1. The minimum atomic E-state index is 0.329. The zero-order chi connectivity index (χ0) is 17.5. The first kappa shape index (κ1) is 16.6. The quantitative estimate of drug-likeness (QED) is 0.638. The van der Waals surface area contributed by atoms with Gasteiger partial charge in [0, 0.05) is 11.1 Å². The van der Waals surface area contributed by atoms with E-state index in [1.54, 1.807) is 7.11 Å². The lowest BCUT2D eigenvalue weighted by Crippen LogP contribution is -1.97. The Bertz CT molecular complexity index is 882. The zero-order valence-electron chi connectivity index (χ0n) is 14.1. The molecule has 0 unspecified atom stereocenters. The fraction of sp³-hybridized carbons (Fsp3) is 0.136. The van der Waals surface area contributed by atoms with Gasteiger partial charge in [0.1, 0.15) is 18.1 Å². The Labute approximate surface area is 148 Å². The number of nitriles is 1. The molecule has 0 aliphatic carbocycles. The van der Waals surface area contributed by atoms with Gasteiger partial charge in [0.05, 0.1) is 19.6 Å². The standard InChI is InChI=1S/C22H19NO2/c1-24-22-15-19(12-11-18(22)13-14-23)20-9-5-6-10-21(20)25-16-17-7-3-2-4-8-17/h2-12,15H,13,16H2,1H3. The Balaban J connectivity index is 1.89. The lowest BCUT2D eigenvalue weighted by molar-refractivity contribution is 0.307. The highest BCUT2D eigenvalue weighted by Crippen LogP contribution is 2.34. The van der Waals surface area contributed by atoms with Gasteiger partial charge in [-0.2, -0.15) is 5.26 Å². The lowest BCUT2D eigenvalue weighted by Gasteiger charge is -2.14. The third-order valence-corrected chi connectivity index (χ3v) is 3.99. The van der Waals surface area contributed by atoms with Crippen molar-refractivity contribution in [3.8, 4) is 28.7 Å². The van der Waals surface area contributed by atoms with Crippen molar-refractivity contribution in [2.24, 2.45) is 0 Å². The summed E-state index contributed by atoms with van der Waals surface area (Å²) in [6.45, 7) is 0.515. The zero-order valence-corrected chi connectivity index (χ0v) is 14.1. The van der Waals surface area contributed by atoms with Crippen LogP contribution in [0.15, 0.2) is 72.8 Å². The molecule has 0 bridgehead atoms. The maximum atomic E-state index is 8.92. The van der Waals surface area contributed by atoms with Crippen LogP contribution in [-0.2, 0) is 13.0 Å². The van der Waals surface area contributed by atoms with Crippen LogP contribution in [0.3, 0.4) is 0 Å². The highest BCUT2D eigenvalue weighted by molar-refractivity contribution is 5.72. The number of ether oxygens (including phenoxy) is 2. The molecule has 0 aliphatic heterocycles. The summed E-state index contributed by atoms with van der Waals surface area (Å²) in [6.07, 6.45) is 0.329. The van der Waals surface area contributed by atoms with E-state index in [1.807, 2.05) is 72.8 Å².